The van der Waals surface area contributed by atoms with Gasteiger partial charge in [0.1, 0.15) is 11.4 Å². The van der Waals surface area contributed by atoms with Gasteiger partial charge in [0.2, 0.25) is 0 Å². The first-order chi connectivity index (χ1) is 14.3. The van der Waals surface area contributed by atoms with Gasteiger partial charge < -0.3 is 19.9 Å². The Morgan fingerprint density at radius 2 is 1.93 bits per heavy atom. The number of hydrogen-bond acceptors (Lipinski definition) is 5. The van der Waals surface area contributed by atoms with Crippen LogP contribution in [0.3, 0.4) is 0 Å². The summed E-state index contributed by atoms with van der Waals surface area (Å²) in [5.41, 5.74) is 2.23. The highest BCUT2D eigenvalue weighted by molar-refractivity contribution is 6.10. The molecule has 1 saturated heterocycles. The van der Waals surface area contributed by atoms with Crippen molar-refractivity contribution in [2.45, 2.75) is 45.3 Å². The Hall–Kier alpha value is -3.09. The van der Waals surface area contributed by atoms with Crippen molar-refractivity contribution in [3.8, 4) is 0 Å². The largest absolute Gasteiger partial charge is 0.444 e. The number of fused-ring (bicyclic) bond motifs is 1. The fourth-order valence-electron chi connectivity index (χ4n) is 4.06. The molecule has 1 N–H and O–H groups in total. The number of nitrogens with zero attached hydrogens (tertiary/aromatic N) is 3. The number of amides is 2. The number of benzene rings is 1. The second kappa shape index (κ2) is 7.97. The van der Waals surface area contributed by atoms with E-state index >= 15 is 0 Å². The molecule has 158 valence electrons. The molecule has 0 radical (unpaired) electrons. The third-order valence-electron chi connectivity index (χ3n) is 5.36. The van der Waals surface area contributed by atoms with Gasteiger partial charge in [-0.3, -0.25) is 4.79 Å². The van der Waals surface area contributed by atoms with Gasteiger partial charge in [0.05, 0.1) is 11.6 Å². The Morgan fingerprint density at radius 3 is 2.73 bits per heavy atom. The average Bonchev–Trinajstić information content (AvgIpc) is 3.33. The molecule has 0 bridgehead atoms. The molecule has 2 amide bonds. The number of carbonyl (C=O) groups is 2. The predicted octanol–water partition coefficient (Wildman–Crippen LogP) is 3.39. The molecular formula is C23H28N4O3. The van der Waals surface area contributed by atoms with E-state index in [0.29, 0.717) is 31.0 Å². The second-order valence-electron chi connectivity index (χ2n) is 8.79. The van der Waals surface area contributed by atoms with E-state index in [0.717, 1.165) is 18.5 Å². The first-order valence-corrected chi connectivity index (χ1v) is 10.4. The van der Waals surface area contributed by atoms with Gasteiger partial charge in [0.15, 0.2) is 0 Å². The number of pyridine rings is 1. The number of ether oxygens (including phenoxy) is 1. The molecule has 30 heavy (non-hydrogen) atoms. The zero-order chi connectivity index (χ0) is 21.3. The van der Waals surface area contributed by atoms with Gasteiger partial charge >= 0.3 is 6.09 Å². The number of para-hydroxylation sites is 1. The lowest BCUT2D eigenvalue weighted by molar-refractivity contribution is 0.0508. The van der Waals surface area contributed by atoms with Crippen LogP contribution in [0.2, 0.25) is 0 Å². The standard InChI is InChI=1S/C23H28N4O3/c1-23(2,3)30-22(29)25-17-11-13-26(15-17)20-18(8-6-12-24-20)21(28)27-14-10-16-7-4-5-9-19(16)27/h4-9,12,17H,10-11,13-15H2,1-3H3,(H,25,29). The molecule has 0 saturated carbocycles. The summed E-state index contributed by atoms with van der Waals surface area (Å²) >= 11 is 0. The van der Waals surface area contributed by atoms with E-state index in [-0.39, 0.29) is 11.9 Å². The molecule has 1 fully saturated rings. The number of carbonyl (C=O) groups excluding carboxylic acids is 2. The van der Waals surface area contributed by atoms with Crippen LogP contribution >= 0.6 is 0 Å². The van der Waals surface area contributed by atoms with Crippen LogP contribution in [0.1, 0.15) is 43.1 Å². The van der Waals surface area contributed by atoms with Gasteiger partial charge in [-0.1, -0.05) is 18.2 Å². The van der Waals surface area contributed by atoms with Crippen LogP contribution < -0.4 is 15.1 Å². The Bertz CT molecular complexity index is 953. The van der Waals surface area contributed by atoms with Gasteiger partial charge in [-0.2, -0.15) is 0 Å². The van der Waals surface area contributed by atoms with Crippen molar-refractivity contribution in [2.24, 2.45) is 0 Å². The molecule has 1 aromatic carbocycles. The van der Waals surface area contributed by atoms with Crippen molar-refractivity contribution in [1.29, 1.82) is 0 Å². The molecule has 1 unspecified atom stereocenters. The molecule has 7 nitrogen and oxygen atoms in total. The molecule has 1 atom stereocenters. The molecule has 0 spiro atoms. The lowest BCUT2D eigenvalue weighted by Crippen LogP contribution is -2.41. The fraction of sp³-hybridized carbons (Fsp3) is 0.435. The van der Waals surface area contributed by atoms with Crippen molar-refractivity contribution < 1.29 is 14.3 Å². The first-order valence-electron chi connectivity index (χ1n) is 10.4. The van der Waals surface area contributed by atoms with Crippen molar-refractivity contribution >= 4 is 23.5 Å². The van der Waals surface area contributed by atoms with Crippen LogP contribution in [0, 0.1) is 0 Å². The zero-order valence-electron chi connectivity index (χ0n) is 17.7. The van der Waals surface area contributed by atoms with E-state index in [1.807, 2.05) is 49.9 Å². The summed E-state index contributed by atoms with van der Waals surface area (Å²) in [5.74, 6) is 0.631. The van der Waals surface area contributed by atoms with Crippen LogP contribution in [-0.2, 0) is 11.2 Å². The van der Waals surface area contributed by atoms with E-state index in [4.69, 9.17) is 4.74 Å². The molecule has 2 aliphatic heterocycles. The highest BCUT2D eigenvalue weighted by atomic mass is 16.6. The number of alkyl carbamates (subject to hydrolysis) is 1. The average molecular weight is 409 g/mol. The smallest absolute Gasteiger partial charge is 0.407 e. The Balaban J connectivity index is 1.48. The fourth-order valence-corrected chi connectivity index (χ4v) is 4.06. The molecule has 3 heterocycles. The van der Waals surface area contributed by atoms with E-state index in [9.17, 15) is 9.59 Å². The maximum Gasteiger partial charge on any atom is 0.407 e. The third-order valence-corrected chi connectivity index (χ3v) is 5.36. The number of anilines is 2. The monoisotopic (exact) mass is 408 g/mol. The molecular weight excluding hydrogens is 380 g/mol. The quantitative estimate of drug-likeness (QED) is 0.843. The maximum absolute atomic E-state index is 13.4. The zero-order valence-corrected chi connectivity index (χ0v) is 17.7. The Morgan fingerprint density at radius 1 is 1.13 bits per heavy atom. The van der Waals surface area contributed by atoms with E-state index in [1.54, 1.807) is 12.3 Å². The summed E-state index contributed by atoms with van der Waals surface area (Å²) in [6.45, 7) is 7.51. The first kappa shape index (κ1) is 20.2. The molecule has 1 aromatic heterocycles. The molecule has 4 rings (SSSR count). The normalized spacial score (nSPS) is 18.3. The number of rotatable bonds is 3. The SMILES string of the molecule is CC(C)(C)OC(=O)NC1CCN(c2ncccc2C(=O)N2CCc3ccccc32)C1. The summed E-state index contributed by atoms with van der Waals surface area (Å²) in [5, 5.41) is 2.93. The van der Waals surface area contributed by atoms with Crippen molar-refractivity contribution in [3.05, 3.63) is 53.7 Å². The van der Waals surface area contributed by atoms with E-state index < -0.39 is 11.7 Å². The molecule has 2 aliphatic rings. The minimum atomic E-state index is -0.533. The van der Waals surface area contributed by atoms with Crippen LogP contribution in [-0.4, -0.2) is 48.3 Å². The molecule has 2 aromatic rings. The Labute approximate surface area is 177 Å². The van der Waals surface area contributed by atoms with Crippen molar-refractivity contribution in [1.82, 2.24) is 10.3 Å². The maximum atomic E-state index is 13.4. The number of aromatic nitrogens is 1. The highest BCUT2D eigenvalue weighted by Gasteiger charge is 2.32. The van der Waals surface area contributed by atoms with Gasteiger partial charge in [0, 0.05) is 31.5 Å². The summed E-state index contributed by atoms with van der Waals surface area (Å²) in [4.78, 5) is 33.9. The van der Waals surface area contributed by atoms with Crippen molar-refractivity contribution in [2.75, 3.05) is 29.4 Å². The van der Waals surface area contributed by atoms with Crippen LogP contribution in [0.4, 0.5) is 16.3 Å². The molecule has 0 aliphatic carbocycles. The lowest BCUT2D eigenvalue weighted by Gasteiger charge is -2.24. The minimum absolute atomic E-state index is 0.0356. The van der Waals surface area contributed by atoms with Gasteiger partial charge in [0.25, 0.3) is 5.91 Å². The summed E-state index contributed by atoms with van der Waals surface area (Å²) < 4.78 is 5.36. The summed E-state index contributed by atoms with van der Waals surface area (Å²) in [7, 11) is 0. The van der Waals surface area contributed by atoms with Crippen LogP contribution in [0.25, 0.3) is 0 Å². The van der Waals surface area contributed by atoms with E-state index in [2.05, 4.69) is 21.3 Å². The molecule has 7 heteroatoms. The predicted molar refractivity (Wildman–Crippen MR) is 116 cm³/mol. The minimum Gasteiger partial charge on any atom is -0.444 e. The lowest BCUT2D eigenvalue weighted by atomic mass is 10.1. The topological polar surface area (TPSA) is 74.8 Å². The second-order valence-corrected chi connectivity index (χ2v) is 8.79. The Kier molecular flexibility index (Phi) is 5.37. The van der Waals surface area contributed by atoms with Crippen LogP contribution in [0.5, 0.6) is 0 Å². The van der Waals surface area contributed by atoms with Gasteiger partial charge in [-0.25, -0.2) is 9.78 Å². The van der Waals surface area contributed by atoms with Crippen molar-refractivity contribution in [3.63, 3.8) is 0 Å². The van der Waals surface area contributed by atoms with Crippen LogP contribution in [0.15, 0.2) is 42.6 Å². The van der Waals surface area contributed by atoms with E-state index in [1.165, 1.54) is 5.56 Å². The van der Waals surface area contributed by atoms with Gasteiger partial charge in [-0.05, 0) is 57.4 Å². The summed E-state index contributed by atoms with van der Waals surface area (Å²) in [6.07, 6.45) is 2.93. The highest BCUT2D eigenvalue weighted by Crippen LogP contribution is 2.31. The third kappa shape index (κ3) is 4.25. The van der Waals surface area contributed by atoms with Gasteiger partial charge in [-0.15, -0.1) is 0 Å². The number of nitrogens with one attached hydrogen (secondary N) is 1. The summed E-state index contributed by atoms with van der Waals surface area (Å²) in [6, 6.07) is 11.6. The number of hydrogen-bond donors (Lipinski definition) is 1.